The van der Waals surface area contributed by atoms with Crippen molar-refractivity contribution in [2.75, 3.05) is 5.88 Å². The molecule has 1 atom stereocenters. The van der Waals surface area contributed by atoms with E-state index in [9.17, 15) is 4.79 Å². The molecule has 0 amide bonds. The van der Waals surface area contributed by atoms with Crippen LogP contribution >= 0.6 is 34.8 Å². The highest BCUT2D eigenvalue weighted by Crippen LogP contribution is 2.42. The Labute approximate surface area is 218 Å². The van der Waals surface area contributed by atoms with Crippen molar-refractivity contribution in [2.45, 2.75) is 5.41 Å². The van der Waals surface area contributed by atoms with Gasteiger partial charge in [-0.15, -0.1) is 11.6 Å². The summed E-state index contributed by atoms with van der Waals surface area (Å²) in [5, 5.41) is 2.19. The second-order valence-corrected chi connectivity index (χ2v) is 9.77. The van der Waals surface area contributed by atoms with Gasteiger partial charge in [0.15, 0.2) is 0 Å². The van der Waals surface area contributed by atoms with E-state index in [1.54, 1.807) is 24.0 Å². The van der Waals surface area contributed by atoms with Crippen LogP contribution in [-0.4, -0.2) is 20.0 Å². The highest BCUT2D eigenvalue weighted by atomic mass is 35.5. The van der Waals surface area contributed by atoms with Crippen molar-refractivity contribution >= 4 is 45.7 Å². The number of hydrogen-bond acceptors (Lipinski definition) is 2. The predicted molar refractivity (Wildman–Crippen MR) is 145 cm³/mol. The molecule has 0 aliphatic carbocycles. The Balaban J connectivity index is 1.87. The van der Waals surface area contributed by atoms with E-state index in [0.29, 0.717) is 10.0 Å². The molecule has 2 heterocycles. The number of benzene rings is 3. The molecular weight excluding hydrogens is 501 g/mol. The molecule has 0 fully saturated rings. The first-order valence-corrected chi connectivity index (χ1v) is 12.3. The van der Waals surface area contributed by atoms with Gasteiger partial charge in [-0.1, -0.05) is 53.5 Å². The van der Waals surface area contributed by atoms with Crippen molar-refractivity contribution in [3.8, 4) is 11.1 Å². The number of nitrogens with zero attached hydrogens (tertiary/aromatic N) is 3. The van der Waals surface area contributed by atoms with Gasteiger partial charge in [0.25, 0.3) is 5.56 Å². The molecule has 0 saturated carbocycles. The number of imidazole rings is 1. The lowest BCUT2D eigenvalue weighted by atomic mass is 9.73. The molecule has 0 aliphatic heterocycles. The number of fused-ring (bicyclic) bond motifs is 1. The molecule has 0 saturated heterocycles. The minimum absolute atomic E-state index is 0.0897. The fraction of sp³-hybridized carbons (Fsp3) is 0.143. The van der Waals surface area contributed by atoms with Gasteiger partial charge in [-0.05, 0) is 58.7 Å². The van der Waals surface area contributed by atoms with E-state index >= 15 is 0 Å². The maximum atomic E-state index is 12.8. The number of aromatic nitrogens is 3. The molecule has 0 radical (unpaired) electrons. The van der Waals surface area contributed by atoms with Crippen molar-refractivity contribution in [1.82, 2.24) is 14.1 Å². The lowest BCUT2D eigenvalue weighted by Crippen LogP contribution is -2.33. The summed E-state index contributed by atoms with van der Waals surface area (Å²) in [6, 6.07) is 23.1. The van der Waals surface area contributed by atoms with Crippen LogP contribution in [0.5, 0.6) is 0 Å². The Hall–Kier alpha value is -3.05. The highest BCUT2D eigenvalue weighted by molar-refractivity contribution is 6.31. The standard InChI is InChI=1S/C28H22Cl3N3O/c1-33-17-32-15-26(33)28(16-29,19-6-9-21(30)10-7-19)20-8-11-25-24(13-20)23(14-27(35)34(25)2)18-4-3-5-22(31)12-18/h3-15,17H,16H2,1-2H3. The van der Waals surface area contributed by atoms with Crippen LogP contribution in [0, 0.1) is 0 Å². The molecular formula is C28H22Cl3N3O. The molecule has 5 aromatic rings. The Morgan fingerprint density at radius 1 is 0.886 bits per heavy atom. The summed E-state index contributed by atoms with van der Waals surface area (Å²) in [6.07, 6.45) is 3.62. The van der Waals surface area contributed by atoms with Gasteiger partial charge >= 0.3 is 0 Å². The van der Waals surface area contributed by atoms with Gasteiger partial charge in [-0.3, -0.25) is 4.79 Å². The Kier molecular flexibility index (Phi) is 6.22. The predicted octanol–water partition coefficient (Wildman–Crippen LogP) is 6.82. The van der Waals surface area contributed by atoms with Crippen molar-refractivity contribution in [2.24, 2.45) is 14.1 Å². The zero-order chi connectivity index (χ0) is 24.7. The molecule has 5 rings (SSSR count). The smallest absolute Gasteiger partial charge is 0.251 e. The second-order valence-electron chi connectivity index (χ2n) is 8.63. The van der Waals surface area contributed by atoms with E-state index in [0.717, 1.165) is 38.9 Å². The van der Waals surface area contributed by atoms with Gasteiger partial charge in [0.05, 0.1) is 23.0 Å². The molecule has 2 aromatic heterocycles. The number of hydrogen-bond donors (Lipinski definition) is 0. The van der Waals surface area contributed by atoms with Crippen molar-refractivity contribution in [1.29, 1.82) is 0 Å². The summed E-state index contributed by atoms with van der Waals surface area (Å²) in [4.78, 5) is 17.2. The number of pyridine rings is 1. The van der Waals surface area contributed by atoms with E-state index in [2.05, 4.69) is 11.1 Å². The Bertz CT molecular complexity index is 1600. The van der Waals surface area contributed by atoms with E-state index in [1.807, 2.05) is 78.5 Å². The minimum Gasteiger partial charge on any atom is -0.337 e. The fourth-order valence-corrected chi connectivity index (χ4v) is 5.57. The summed E-state index contributed by atoms with van der Waals surface area (Å²) >= 11 is 19.4. The average molecular weight is 523 g/mol. The van der Waals surface area contributed by atoms with Crippen LogP contribution in [0.3, 0.4) is 0 Å². The lowest BCUT2D eigenvalue weighted by molar-refractivity contribution is 0.633. The first-order valence-electron chi connectivity index (χ1n) is 11.0. The van der Waals surface area contributed by atoms with E-state index in [-0.39, 0.29) is 11.4 Å². The van der Waals surface area contributed by atoms with E-state index in [4.69, 9.17) is 34.8 Å². The zero-order valence-corrected chi connectivity index (χ0v) is 21.4. The Morgan fingerprint density at radius 2 is 1.63 bits per heavy atom. The first-order chi connectivity index (χ1) is 16.8. The molecule has 1 unspecified atom stereocenters. The van der Waals surface area contributed by atoms with Crippen LogP contribution in [0.25, 0.3) is 22.0 Å². The summed E-state index contributed by atoms with van der Waals surface area (Å²) < 4.78 is 3.64. The third kappa shape index (κ3) is 3.96. The quantitative estimate of drug-likeness (QED) is 0.238. The van der Waals surface area contributed by atoms with Gasteiger partial charge in [0.1, 0.15) is 0 Å². The molecule has 4 nitrogen and oxygen atoms in total. The summed E-state index contributed by atoms with van der Waals surface area (Å²) in [5.74, 6) is 0.276. The monoisotopic (exact) mass is 521 g/mol. The maximum Gasteiger partial charge on any atom is 0.251 e. The van der Waals surface area contributed by atoms with Crippen LogP contribution in [-0.2, 0) is 19.5 Å². The van der Waals surface area contributed by atoms with Gasteiger partial charge < -0.3 is 9.13 Å². The molecule has 0 bridgehead atoms. The van der Waals surface area contributed by atoms with E-state index < -0.39 is 5.41 Å². The average Bonchev–Trinajstić information content (AvgIpc) is 3.29. The number of rotatable bonds is 5. The van der Waals surface area contributed by atoms with E-state index in [1.165, 1.54) is 0 Å². The van der Waals surface area contributed by atoms with Crippen LogP contribution in [0.2, 0.25) is 10.0 Å². The Morgan fingerprint density at radius 3 is 2.29 bits per heavy atom. The topological polar surface area (TPSA) is 39.8 Å². The third-order valence-electron chi connectivity index (χ3n) is 6.67. The number of aryl methyl sites for hydroxylation is 2. The fourth-order valence-electron chi connectivity index (χ4n) is 4.81. The summed E-state index contributed by atoms with van der Waals surface area (Å²) in [5.41, 5.74) is 4.64. The lowest BCUT2D eigenvalue weighted by Gasteiger charge is -2.34. The SMILES string of the molecule is Cn1cncc1C(CCl)(c1ccc(Cl)cc1)c1ccc2c(c1)c(-c1cccc(Cl)c1)cc(=O)n2C. The molecule has 0 spiro atoms. The first kappa shape index (κ1) is 23.7. The highest BCUT2D eigenvalue weighted by Gasteiger charge is 2.38. The number of halogens is 3. The maximum absolute atomic E-state index is 12.8. The largest absolute Gasteiger partial charge is 0.337 e. The zero-order valence-electron chi connectivity index (χ0n) is 19.2. The van der Waals surface area contributed by atoms with Crippen LogP contribution in [0.1, 0.15) is 16.8 Å². The van der Waals surface area contributed by atoms with Crippen LogP contribution < -0.4 is 5.56 Å². The van der Waals surface area contributed by atoms with Gasteiger partial charge in [0.2, 0.25) is 0 Å². The molecule has 7 heteroatoms. The normalized spacial score (nSPS) is 13.2. The van der Waals surface area contributed by atoms with Crippen molar-refractivity contribution in [3.05, 3.63) is 123 Å². The molecule has 0 N–H and O–H groups in total. The minimum atomic E-state index is -0.702. The van der Waals surface area contributed by atoms with Crippen LogP contribution in [0.4, 0.5) is 0 Å². The summed E-state index contributed by atoms with van der Waals surface area (Å²) in [6.45, 7) is 0. The number of alkyl halides is 1. The molecule has 0 aliphatic rings. The second kappa shape index (κ2) is 9.19. The van der Waals surface area contributed by atoms with Crippen molar-refractivity contribution in [3.63, 3.8) is 0 Å². The third-order valence-corrected chi connectivity index (χ3v) is 7.55. The summed E-state index contributed by atoms with van der Waals surface area (Å²) in [7, 11) is 3.74. The van der Waals surface area contributed by atoms with Crippen molar-refractivity contribution < 1.29 is 0 Å². The molecule has 35 heavy (non-hydrogen) atoms. The molecule has 3 aromatic carbocycles. The van der Waals surface area contributed by atoms with Gasteiger partial charge in [0, 0.05) is 47.7 Å². The molecule has 176 valence electrons. The van der Waals surface area contributed by atoms with Gasteiger partial charge in [-0.25, -0.2) is 4.98 Å². The van der Waals surface area contributed by atoms with Gasteiger partial charge in [-0.2, -0.15) is 0 Å². The van der Waals surface area contributed by atoms with Crippen LogP contribution in [0.15, 0.2) is 90.1 Å².